The van der Waals surface area contributed by atoms with E-state index < -0.39 is 17.8 Å². The van der Waals surface area contributed by atoms with Crippen molar-refractivity contribution in [2.75, 3.05) is 20.3 Å². The second kappa shape index (κ2) is 6.49. The van der Waals surface area contributed by atoms with Crippen LogP contribution in [0.2, 0.25) is 0 Å². The summed E-state index contributed by atoms with van der Waals surface area (Å²) in [6.07, 6.45) is -0.443. The molecule has 1 N–H and O–H groups in total. The van der Waals surface area contributed by atoms with E-state index in [0.717, 1.165) is 12.1 Å². The zero-order valence-electron chi connectivity index (χ0n) is 12.4. The largest absolute Gasteiger partial charge is 0.384 e. The van der Waals surface area contributed by atoms with Gasteiger partial charge in [-0.25, -0.2) is 8.78 Å². The number of hydrogen-bond acceptors (Lipinski definition) is 3. The molecule has 1 aromatic rings. The first-order valence-electron chi connectivity index (χ1n) is 6.94. The highest BCUT2D eigenvalue weighted by molar-refractivity contribution is 5.84. The first-order valence-corrected chi connectivity index (χ1v) is 6.94. The van der Waals surface area contributed by atoms with Gasteiger partial charge >= 0.3 is 0 Å². The topological polar surface area (TPSA) is 41.6 Å². The van der Waals surface area contributed by atoms with Crippen LogP contribution in [0.5, 0.6) is 0 Å². The molecule has 116 valence electrons. The van der Waals surface area contributed by atoms with Crippen LogP contribution in [-0.2, 0) is 9.53 Å². The fraction of sp³-hybridized carbons (Fsp3) is 0.533. The fourth-order valence-corrected chi connectivity index (χ4v) is 2.60. The number of amides is 1. The summed E-state index contributed by atoms with van der Waals surface area (Å²) in [5, 5.41) is 3.11. The molecule has 0 bridgehead atoms. The molecule has 1 aliphatic rings. The van der Waals surface area contributed by atoms with Gasteiger partial charge in [-0.3, -0.25) is 10.1 Å². The molecule has 1 amide bonds. The maximum atomic E-state index is 13.4. The van der Waals surface area contributed by atoms with Crippen LogP contribution < -0.4 is 5.32 Å². The number of hydrogen-bond donors (Lipinski definition) is 1. The van der Waals surface area contributed by atoms with E-state index in [1.54, 1.807) is 18.9 Å². The highest BCUT2D eigenvalue weighted by Gasteiger charge is 2.37. The molecule has 2 rings (SSSR count). The number of nitrogens with one attached hydrogen (secondary N) is 1. The molecule has 1 heterocycles. The molecule has 0 aromatic heterocycles. The third-order valence-electron chi connectivity index (χ3n) is 3.59. The van der Waals surface area contributed by atoms with Crippen LogP contribution in [0.1, 0.15) is 25.6 Å². The van der Waals surface area contributed by atoms with Gasteiger partial charge in [0.1, 0.15) is 6.17 Å². The Bertz CT molecular complexity index is 524. The SMILES string of the molecule is COCC(C)CN1C(=O)C(C)NC1c1ccc(F)c(F)c1. The fourth-order valence-electron chi connectivity index (χ4n) is 2.60. The number of carbonyl (C=O) groups is 1. The second-order valence-corrected chi connectivity index (χ2v) is 5.52. The van der Waals surface area contributed by atoms with E-state index >= 15 is 0 Å². The summed E-state index contributed by atoms with van der Waals surface area (Å²) in [5.74, 6) is -1.70. The van der Waals surface area contributed by atoms with Gasteiger partial charge in [0.25, 0.3) is 0 Å². The normalized spacial score (nSPS) is 23.7. The molecule has 3 unspecified atom stereocenters. The lowest BCUT2D eigenvalue weighted by atomic mass is 10.1. The van der Waals surface area contributed by atoms with Crippen LogP contribution in [0.25, 0.3) is 0 Å². The van der Waals surface area contributed by atoms with Crippen LogP contribution in [0.3, 0.4) is 0 Å². The van der Waals surface area contributed by atoms with Crippen molar-refractivity contribution in [2.24, 2.45) is 5.92 Å². The summed E-state index contributed by atoms with van der Waals surface area (Å²) in [5.41, 5.74) is 0.538. The molecule has 1 saturated heterocycles. The van der Waals surface area contributed by atoms with Crippen molar-refractivity contribution in [3.05, 3.63) is 35.4 Å². The summed E-state index contributed by atoms with van der Waals surface area (Å²) >= 11 is 0. The first-order chi connectivity index (χ1) is 9.93. The number of nitrogens with zero attached hydrogens (tertiary/aromatic N) is 1. The molecule has 21 heavy (non-hydrogen) atoms. The Kier molecular flexibility index (Phi) is 4.90. The van der Waals surface area contributed by atoms with E-state index in [2.05, 4.69) is 5.32 Å². The first kappa shape index (κ1) is 15.9. The van der Waals surface area contributed by atoms with Crippen LogP contribution in [-0.4, -0.2) is 37.1 Å². The zero-order chi connectivity index (χ0) is 15.6. The summed E-state index contributed by atoms with van der Waals surface area (Å²) in [6, 6.07) is 3.36. The molecule has 1 fully saturated rings. The Labute approximate surface area is 123 Å². The van der Waals surface area contributed by atoms with E-state index in [0.29, 0.717) is 18.7 Å². The summed E-state index contributed by atoms with van der Waals surface area (Å²) in [7, 11) is 1.61. The number of halogens is 2. The van der Waals surface area contributed by atoms with Crippen molar-refractivity contribution < 1.29 is 18.3 Å². The molecule has 3 atom stereocenters. The van der Waals surface area contributed by atoms with Gasteiger partial charge in [0.05, 0.1) is 12.6 Å². The third-order valence-corrected chi connectivity index (χ3v) is 3.59. The van der Waals surface area contributed by atoms with Crippen molar-refractivity contribution in [2.45, 2.75) is 26.1 Å². The number of ether oxygens (including phenoxy) is 1. The Morgan fingerprint density at radius 3 is 2.71 bits per heavy atom. The smallest absolute Gasteiger partial charge is 0.241 e. The standard InChI is InChI=1S/C15H20F2N2O2/c1-9(8-21-3)7-19-14(18-10(2)15(19)20)11-4-5-12(16)13(17)6-11/h4-6,9-10,14,18H,7-8H2,1-3H3. The van der Waals surface area contributed by atoms with Gasteiger partial charge < -0.3 is 9.64 Å². The highest BCUT2D eigenvalue weighted by atomic mass is 19.2. The Balaban J connectivity index is 2.22. The Hall–Kier alpha value is -1.53. The van der Waals surface area contributed by atoms with Gasteiger partial charge in [0.2, 0.25) is 5.91 Å². The zero-order valence-corrected chi connectivity index (χ0v) is 12.4. The predicted molar refractivity (Wildman–Crippen MR) is 74.4 cm³/mol. The number of methoxy groups -OCH3 is 1. The average molecular weight is 298 g/mol. The van der Waals surface area contributed by atoms with E-state index in [9.17, 15) is 13.6 Å². The van der Waals surface area contributed by atoms with E-state index in [4.69, 9.17) is 4.74 Å². The summed E-state index contributed by atoms with van der Waals surface area (Å²) in [4.78, 5) is 13.9. The quantitative estimate of drug-likeness (QED) is 0.905. The molecule has 1 aliphatic heterocycles. The minimum Gasteiger partial charge on any atom is -0.384 e. The van der Waals surface area contributed by atoms with Crippen molar-refractivity contribution >= 4 is 5.91 Å². The van der Waals surface area contributed by atoms with Gasteiger partial charge in [0.15, 0.2) is 11.6 Å². The van der Waals surface area contributed by atoms with Crippen molar-refractivity contribution in [3.8, 4) is 0 Å². The monoisotopic (exact) mass is 298 g/mol. The molecule has 1 aromatic carbocycles. The van der Waals surface area contributed by atoms with Crippen molar-refractivity contribution in [3.63, 3.8) is 0 Å². The Morgan fingerprint density at radius 1 is 1.38 bits per heavy atom. The lowest BCUT2D eigenvalue weighted by molar-refractivity contribution is -0.130. The van der Waals surface area contributed by atoms with E-state index in [-0.39, 0.29) is 17.9 Å². The van der Waals surface area contributed by atoms with Gasteiger partial charge in [-0.05, 0) is 30.5 Å². The van der Waals surface area contributed by atoms with Crippen molar-refractivity contribution in [1.82, 2.24) is 10.2 Å². The van der Waals surface area contributed by atoms with Gasteiger partial charge in [-0.2, -0.15) is 0 Å². The summed E-state index contributed by atoms with van der Waals surface area (Å²) < 4.78 is 31.5. The molecule has 4 nitrogen and oxygen atoms in total. The summed E-state index contributed by atoms with van der Waals surface area (Å²) in [6.45, 7) is 4.76. The lowest BCUT2D eigenvalue weighted by Crippen LogP contribution is -2.35. The van der Waals surface area contributed by atoms with Crippen LogP contribution in [0.4, 0.5) is 8.78 Å². The van der Waals surface area contributed by atoms with Gasteiger partial charge in [-0.1, -0.05) is 13.0 Å². The number of benzene rings is 1. The second-order valence-electron chi connectivity index (χ2n) is 5.52. The molecule has 0 spiro atoms. The van der Waals surface area contributed by atoms with Gasteiger partial charge in [-0.15, -0.1) is 0 Å². The van der Waals surface area contributed by atoms with E-state index in [1.807, 2.05) is 6.92 Å². The van der Waals surface area contributed by atoms with Crippen LogP contribution in [0, 0.1) is 17.6 Å². The molecule has 0 saturated carbocycles. The van der Waals surface area contributed by atoms with E-state index in [1.165, 1.54) is 6.07 Å². The third kappa shape index (κ3) is 3.39. The molecule has 0 aliphatic carbocycles. The number of carbonyl (C=O) groups excluding carboxylic acids is 1. The Morgan fingerprint density at radius 2 is 2.10 bits per heavy atom. The molecular formula is C15H20F2N2O2. The predicted octanol–water partition coefficient (Wildman–Crippen LogP) is 2.07. The minimum atomic E-state index is -0.911. The average Bonchev–Trinajstić information content (AvgIpc) is 2.70. The molecular weight excluding hydrogens is 278 g/mol. The maximum absolute atomic E-state index is 13.4. The lowest BCUT2D eigenvalue weighted by Gasteiger charge is -2.27. The van der Waals surface area contributed by atoms with Gasteiger partial charge in [0, 0.05) is 13.7 Å². The molecule has 6 heteroatoms. The number of rotatable bonds is 5. The van der Waals surface area contributed by atoms with Crippen LogP contribution >= 0.6 is 0 Å². The van der Waals surface area contributed by atoms with Crippen molar-refractivity contribution in [1.29, 1.82) is 0 Å². The maximum Gasteiger partial charge on any atom is 0.241 e. The van der Waals surface area contributed by atoms with Crippen LogP contribution in [0.15, 0.2) is 18.2 Å². The minimum absolute atomic E-state index is 0.0484. The molecule has 0 radical (unpaired) electrons. The highest BCUT2D eigenvalue weighted by Crippen LogP contribution is 2.27.